The van der Waals surface area contributed by atoms with E-state index >= 15 is 0 Å². The van der Waals surface area contributed by atoms with Gasteiger partial charge in [0.05, 0.1) is 17.2 Å². The molecule has 3 amide bonds. The van der Waals surface area contributed by atoms with E-state index in [0.29, 0.717) is 37.0 Å². The van der Waals surface area contributed by atoms with E-state index in [1.54, 1.807) is 48.0 Å². The zero-order valence-corrected chi connectivity index (χ0v) is 15.7. The number of carbonyl (C=O) groups excluding carboxylic acids is 2. The average molecular weight is 384 g/mol. The number of nitrogens with zero attached hydrogens (tertiary/aromatic N) is 2. The number of urea groups is 1. The maximum atomic E-state index is 12.4. The Morgan fingerprint density at radius 2 is 2.00 bits per heavy atom. The van der Waals surface area contributed by atoms with E-state index in [0.717, 1.165) is 18.5 Å². The molecular weight excluding hydrogens is 362 g/mol. The molecule has 2 fully saturated rings. The normalized spacial score (nSPS) is 19.5. The third-order valence-corrected chi connectivity index (χ3v) is 6.51. The van der Waals surface area contributed by atoms with Crippen molar-refractivity contribution in [3.8, 4) is 0 Å². The summed E-state index contributed by atoms with van der Waals surface area (Å²) in [5.74, 6) is 0.682. The molecule has 1 aromatic carbocycles. The molecular formula is C17H22ClN3O3S. The zero-order valence-electron chi connectivity index (χ0n) is 14.2. The number of nitrogens with one attached hydrogen (secondary N) is 1. The predicted molar refractivity (Wildman–Crippen MR) is 100 cm³/mol. The second-order valence-electron chi connectivity index (χ2n) is 6.20. The van der Waals surface area contributed by atoms with Gasteiger partial charge in [0.15, 0.2) is 0 Å². The van der Waals surface area contributed by atoms with Crippen LogP contribution in [0.1, 0.15) is 12.8 Å². The number of thioether (sulfide) groups is 1. The second kappa shape index (κ2) is 7.85. The van der Waals surface area contributed by atoms with Gasteiger partial charge in [0.2, 0.25) is 5.91 Å². The molecule has 0 bridgehead atoms. The van der Waals surface area contributed by atoms with Crippen molar-refractivity contribution in [2.24, 2.45) is 0 Å². The minimum absolute atomic E-state index is 0.116. The SMILES string of the molecule is COCCN1C(=O)CSC12CCN(C(=O)Nc1ccc(Cl)cc1)CC2. The quantitative estimate of drug-likeness (QED) is 0.868. The molecule has 136 valence electrons. The van der Waals surface area contributed by atoms with Crippen LogP contribution in [0.15, 0.2) is 24.3 Å². The number of hydrogen-bond donors (Lipinski definition) is 1. The van der Waals surface area contributed by atoms with Crippen molar-refractivity contribution in [1.82, 2.24) is 9.80 Å². The van der Waals surface area contributed by atoms with Crippen molar-refractivity contribution in [3.05, 3.63) is 29.3 Å². The number of halogens is 1. The Labute approximate surface area is 156 Å². The molecule has 1 aromatic rings. The predicted octanol–water partition coefficient (Wildman–Crippen LogP) is 2.89. The maximum absolute atomic E-state index is 12.4. The van der Waals surface area contributed by atoms with E-state index in [4.69, 9.17) is 16.3 Å². The molecule has 0 radical (unpaired) electrons. The summed E-state index contributed by atoms with van der Waals surface area (Å²) < 4.78 is 5.13. The first kappa shape index (κ1) is 18.4. The molecule has 8 heteroatoms. The lowest BCUT2D eigenvalue weighted by molar-refractivity contribution is -0.131. The minimum Gasteiger partial charge on any atom is -0.383 e. The van der Waals surface area contributed by atoms with Crippen LogP contribution in [-0.4, -0.2) is 65.7 Å². The van der Waals surface area contributed by atoms with E-state index in [9.17, 15) is 9.59 Å². The fourth-order valence-electron chi connectivity index (χ4n) is 3.30. The molecule has 0 unspecified atom stereocenters. The number of ether oxygens (including phenoxy) is 1. The third kappa shape index (κ3) is 4.04. The van der Waals surface area contributed by atoms with Crippen LogP contribution in [0.25, 0.3) is 0 Å². The fourth-order valence-corrected chi connectivity index (χ4v) is 4.79. The number of benzene rings is 1. The molecule has 25 heavy (non-hydrogen) atoms. The third-order valence-electron chi connectivity index (χ3n) is 4.70. The first-order valence-electron chi connectivity index (χ1n) is 8.29. The molecule has 0 aromatic heterocycles. The summed E-state index contributed by atoms with van der Waals surface area (Å²) in [6.45, 7) is 2.40. The summed E-state index contributed by atoms with van der Waals surface area (Å²) in [4.78, 5) is 28.2. The summed E-state index contributed by atoms with van der Waals surface area (Å²) >= 11 is 7.56. The number of rotatable bonds is 4. The van der Waals surface area contributed by atoms with Gasteiger partial charge in [0.1, 0.15) is 0 Å². The van der Waals surface area contributed by atoms with E-state index < -0.39 is 0 Å². The molecule has 2 aliphatic rings. The number of carbonyl (C=O) groups is 2. The van der Waals surface area contributed by atoms with Crippen molar-refractivity contribution >= 4 is 41.0 Å². The van der Waals surface area contributed by atoms with Gasteiger partial charge >= 0.3 is 6.03 Å². The highest BCUT2D eigenvalue weighted by Crippen LogP contribution is 2.44. The molecule has 0 saturated carbocycles. The number of anilines is 1. The van der Waals surface area contributed by atoms with Crippen molar-refractivity contribution < 1.29 is 14.3 Å². The standard InChI is InChI=1S/C17H22ClN3O3S/c1-24-11-10-21-15(22)12-25-17(21)6-8-20(9-7-17)16(23)19-14-4-2-13(18)3-5-14/h2-5H,6-12H2,1H3,(H,19,23). The van der Waals surface area contributed by atoms with Crippen LogP contribution < -0.4 is 5.32 Å². The second-order valence-corrected chi connectivity index (χ2v) is 7.97. The Bertz CT molecular complexity index is 633. The molecule has 0 atom stereocenters. The molecule has 1 N–H and O–H groups in total. The van der Waals surface area contributed by atoms with Crippen LogP contribution in [0.4, 0.5) is 10.5 Å². The Hall–Kier alpha value is -1.44. The number of piperidine rings is 1. The molecule has 3 rings (SSSR count). The Morgan fingerprint density at radius 3 is 2.64 bits per heavy atom. The Morgan fingerprint density at radius 1 is 1.32 bits per heavy atom. The average Bonchev–Trinajstić information content (AvgIpc) is 2.91. The van der Waals surface area contributed by atoms with Crippen LogP contribution in [0.5, 0.6) is 0 Å². The van der Waals surface area contributed by atoms with Gasteiger partial charge in [0.25, 0.3) is 0 Å². The van der Waals surface area contributed by atoms with Crippen molar-refractivity contribution in [2.75, 3.05) is 44.4 Å². The highest BCUT2D eigenvalue weighted by molar-refractivity contribution is 8.01. The van der Waals surface area contributed by atoms with Gasteiger partial charge in [0, 0.05) is 37.5 Å². The highest BCUT2D eigenvalue weighted by atomic mass is 35.5. The van der Waals surface area contributed by atoms with Crippen molar-refractivity contribution in [3.63, 3.8) is 0 Å². The largest absolute Gasteiger partial charge is 0.383 e. The van der Waals surface area contributed by atoms with Gasteiger partial charge in [-0.05, 0) is 37.1 Å². The summed E-state index contributed by atoms with van der Waals surface area (Å²) in [7, 11) is 1.64. The summed E-state index contributed by atoms with van der Waals surface area (Å²) in [6.07, 6.45) is 1.56. The first-order chi connectivity index (χ1) is 12.0. The summed E-state index contributed by atoms with van der Waals surface area (Å²) in [6, 6.07) is 6.94. The lowest BCUT2D eigenvalue weighted by atomic mass is 10.0. The van der Waals surface area contributed by atoms with Crippen molar-refractivity contribution in [1.29, 1.82) is 0 Å². The van der Waals surface area contributed by atoms with Crippen LogP contribution >= 0.6 is 23.4 Å². The van der Waals surface area contributed by atoms with Gasteiger partial charge < -0.3 is 19.9 Å². The smallest absolute Gasteiger partial charge is 0.321 e. The van der Waals surface area contributed by atoms with Crippen molar-refractivity contribution in [2.45, 2.75) is 17.7 Å². The summed E-state index contributed by atoms with van der Waals surface area (Å²) in [5.41, 5.74) is 0.724. The van der Waals surface area contributed by atoms with Crippen LogP contribution in [0.2, 0.25) is 5.02 Å². The zero-order chi connectivity index (χ0) is 17.9. The van der Waals surface area contributed by atoms with E-state index in [1.165, 1.54) is 0 Å². The molecule has 0 aliphatic carbocycles. The van der Waals surface area contributed by atoms with Gasteiger partial charge in [-0.15, -0.1) is 11.8 Å². The summed E-state index contributed by atoms with van der Waals surface area (Å²) in [5, 5.41) is 3.53. The number of likely N-dealkylation sites (tertiary alicyclic amines) is 1. The molecule has 2 saturated heterocycles. The van der Waals surface area contributed by atoms with Crippen LogP contribution in [0.3, 0.4) is 0 Å². The first-order valence-corrected chi connectivity index (χ1v) is 9.65. The van der Waals surface area contributed by atoms with E-state index in [2.05, 4.69) is 5.32 Å². The lowest BCUT2D eigenvalue weighted by Gasteiger charge is -2.43. The highest BCUT2D eigenvalue weighted by Gasteiger charge is 2.48. The van der Waals surface area contributed by atoms with Gasteiger partial charge in [-0.3, -0.25) is 4.79 Å². The number of amides is 3. The van der Waals surface area contributed by atoms with Crippen LogP contribution in [0, 0.1) is 0 Å². The molecule has 2 aliphatic heterocycles. The fraction of sp³-hybridized carbons (Fsp3) is 0.529. The van der Waals surface area contributed by atoms with E-state index in [-0.39, 0.29) is 16.8 Å². The van der Waals surface area contributed by atoms with E-state index in [1.807, 2.05) is 4.90 Å². The van der Waals surface area contributed by atoms with Gasteiger partial charge in [-0.25, -0.2) is 4.79 Å². The topological polar surface area (TPSA) is 61.9 Å². The molecule has 1 spiro atoms. The maximum Gasteiger partial charge on any atom is 0.321 e. The van der Waals surface area contributed by atoms with Crippen LogP contribution in [-0.2, 0) is 9.53 Å². The Kier molecular flexibility index (Phi) is 5.76. The molecule has 2 heterocycles. The number of methoxy groups -OCH3 is 1. The minimum atomic E-state index is -0.188. The monoisotopic (exact) mass is 383 g/mol. The number of hydrogen-bond acceptors (Lipinski definition) is 4. The molecule has 6 nitrogen and oxygen atoms in total. The van der Waals surface area contributed by atoms with Gasteiger partial charge in [-0.1, -0.05) is 11.6 Å². The Balaban J connectivity index is 1.58. The van der Waals surface area contributed by atoms with Gasteiger partial charge in [-0.2, -0.15) is 0 Å². The lowest BCUT2D eigenvalue weighted by Crippen LogP contribution is -2.54.